The van der Waals surface area contributed by atoms with Gasteiger partial charge in [0, 0.05) is 5.56 Å². The minimum Gasteiger partial charge on any atom is -0.366 e. The topological polar surface area (TPSA) is 43.1 Å². The van der Waals surface area contributed by atoms with Crippen molar-refractivity contribution < 1.29 is 4.79 Å². The monoisotopic (exact) mass is 189 g/mol. The first-order valence-electron chi connectivity index (χ1n) is 5.11. The maximum Gasteiger partial charge on any atom is 0.248 e. The highest BCUT2D eigenvalue weighted by Gasteiger charge is 2.16. The summed E-state index contributed by atoms with van der Waals surface area (Å²) in [7, 11) is 0. The fraction of sp³-hybridized carbons (Fsp3) is 0.417. The van der Waals surface area contributed by atoms with Crippen LogP contribution >= 0.6 is 0 Å². The van der Waals surface area contributed by atoms with Crippen molar-refractivity contribution in [3.63, 3.8) is 0 Å². The van der Waals surface area contributed by atoms with E-state index >= 15 is 0 Å². The molecule has 1 aliphatic carbocycles. The minimum absolute atomic E-state index is 0.328. The molecule has 1 amide bonds. The van der Waals surface area contributed by atoms with Crippen LogP contribution in [0.5, 0.6) is 0 Å². The fourth-order valence-corrected chi connectivity index (χ4v) is 2.21. The third-order valence-electron chi connectivity index (χ3n) is 3.04. The lowest BCUT2D eigenvalue weighted by molar-refractivity contribution is 0.1000. The highest BCUT2D eigenvalue weighted by Crippen LogP contribution is 2.31. The first-order chi connectivity index (χ1) is 6.68. The molecule has 0 saturated carbocycles. The van der Waals surface area contributed by atoms with Crippen LogP contribution in [0.15, 0.2) is 18.2 Å². The molecule has 1 unspecified atom stereocenters. The van der Waals surface area contributed by atoms with Crippen LogP contribution < -0.4 is 5.73 Å². The third kappa shape index (κ3) is 1.52. The van der Waals surface area contributed by atoms with Crippen LogP contribution in [0.25, 0.3) is 0 Å². The van der Waals surface area contributed by atoms with Crippen LogP contribution in [0.4, 0.5) is 0 Å². The second-order valence-corrected chi connectivity index (χ2v) is 4.07. The Labute approximate surface area is 84.1 Å². The van der Waals surface area contributed by atoms with Crippen LogP contribution in [0.1, 0.15) is 47.2 Å². The predicted molar refractivity (Wildman–Crippen MR) is 56.3 cm³/mol. The van der Waals surface area contributed by atoms with E-state index in [1.807, 2.05) is 12.1 Å². The molecule has 0 heterocycles. The van der Waals surface area contributed by atoms with Gasteiger partial charge >= 0.3 is 0 Å². The second-order valence-electron chi connectivity index (χ2n) is 4.07. The molecule has 0 aliphatic heterocycles. The Morgan fingerprint density at radius 1 is 1.50 bits per heavy atom. The number of carbonyl (C=O) groups is 1. The molecule has 74 valence electrons. The van der Waals surface area contributed by atoms with Gasteiger partial charge in [0.2, 0.25) is 5.91 Å². The highest BCUT2D eigenvalue weighted by molar-refractivity contribution is 5.93. The third-order valence-corrected chi connectivity index (χ3v) is 3.04. The molecule has 0 bridgehead atoms. The fourth-order valence-electron chi connectivity index (χ4n) is 2.21. The van der Waals surface area contributed by atoms with Crippen molar-refractivity contribution in [1.29, 1.82) is 0 Å². The van der Waals surface area contributed by atoms with E-state index in [0.29, 0.717) is 11.5 Å². The number of hydrogen-bond donors (Lipinski definition) is 1. The van der Waals surface area contributed by atoms with Crippen LogP contribution in [-0.2, 0) is 6.42 Å². The zero-order valence-electron chi connectivity index (χ0n) is 8.42. The zero-order chi connectivity index (χ0) is 10.1. The molecule has 0 saturated heterocycles. The Bertz CT molecular complexity index is 371. The number of benzene rings is 1. The van der Waals surface area contributed by atoms with Gasteiger partial charge in [0.15, 0.2) is 0 Å². The van der Waals surface area contributed by atoms with E-state index in [2.05, 4.69) is 13.0 Å². The van der Waals surface area contributed by atoms with Gasteiger partial charge in [0.1, 0.15) is 0 Å². The molecular weight excluding hydrogens is 174 g/mol. The average molecular weight is 189 g/mol. The Morgan fingerprint density at radius 3 is 3.00 bits per heavy atom. The number of nitrogens with two attached hydrogens (primary N) is 1. The smallest absolute Gasteiger partial charge is 0.248 e. The lowest BCUT2D eigenvalue weighted by atomic mass is 9.83. The van der Waals surface area contributed by atoms with Gasteiger partial charge in [0.05, 0.1) is 0 Å². The number of carbonyl (C=O) groups excluding carboxylic acids is 1. The summed E-state index contributed by atoms with van der Waals surface area (Å²) in [5.41, 5.74) is 8.58. The number of amides is 1. The Morgan fingerprint density at radius 2 is 2.29 bits per heavy atom. The molecule has 1 aliphatic rings. The van der Waals surface area contributed by atoms with Crippen LogP contribution in [0.3, 0.4) is 0 Å². The summed E-state index contributed by atoms with van der Waals surface area (Å²) in [6.07, 6.45) is 3.56. The van der Waals surface area contributed by atoms with Crippen molar-refractivity contribution in [3.8, 4) is 0 Å². The van der Waals surface area contributed by atoms with E-state index in [9.17, 15) is 4.79 Å². The van der Waals surface area contributed by atoms with E-state index in [0.717, 1.165) is 6.42 Å². The molecule has 1 aromatic carbocycles. The summed E-state index contributed by atoms with van der Waals surface area (Å²) < 4.78 is 0. The van der Waals surface area contributed by atoms with Gasteiger partial charge in [0.25, 0.3) is 0 Å². The molecule has 0 fully saturated rings. The van der Waals surface area contributed by atoms with Crippen molar-refractivity contribution in [2.24, 2.45) is 5.73 Å². The van der Waals surface area contributed by atoms with Crippen LogP contribution in [0.2, 0.25) is 0 Å². The second kappa shape index (κ2) is 3.45. The summed E-state index contributed by atoms with van der Waals surface area (Å²) in [4.78, 5) is 11.0. The van der Waals surface area contributed by atoms with Gasteiger partial charge < -0.3 is 5.73 Å². The molecule has 14 heavy (non-hydrogen) atoms. The number of fused-ring (bicyclic) bond motifs is 1. The molecule has 2 nitrogen and oxygen atoms in total. The Hall–Kier alpha value is -1.31. The van der Waals surface area contributed by atoms with E-state index in [1.165, 1.54) is 24.0 Å². The van der Waals surface area contributed by atoms with Gasteiger partial charge in [-0.1, -0.05) is 13.0 Å². The lowest BCUT2D eigenvalue weighted by Gasteiger charge is -2.22. The number of aryl methyl sites for hydroxylation is 1. The average Bonchev–Trinajstić information content (AvgIpc) is 2.17. The maximum atomic E-state index is 11.0. The van der Waals surface area contributed by atoms with Crippen molar-refractivity contribution >= 4 is 5.91 Å². The van der Waals surface area contributed by atoms with Gasteiger partial charge in [-0.25, -0.2) is 0 Å². The quantitative estimate of drug-likeness (QED) is 0.723. The number of primary amides is 1. The van der Waals surface area contributed by atoms with E-state index < -0.39 is 0 Å². The molecule has 2 rings (SSSR count). The Balaban J connectivity index is 2.44. The van der Waals surface area contributed by atoms with Gasteiger partial charge in [-0.2, -0.15) is 0 Å². The van der Waals surface area contributed by atoms with Crippen LogP contribution in [0, 0.1) is 0 Å². The van der Waals surface area contributed by atoms with Crippen molar-refractivity contribution in [1.82, 2.24) is 0 Å². The number of rotatable bonds is 1. The predicted octanol–water partition coefficient (Wildman–Crippen LogP) is 2.23. The van der Waals surface area contributed by atoms with Crippen molar-refractivity contribution in [2.45, 2.75) is 32.1 Å². The molecule has 0 aromatic heterocycles. The Kier molecular flexibility index (Phi) is 2.28. The molecule has 0 spiro atoms. The van der Waals surface area contributed by atoms with Crippen LogP contribution in [-0.4, -0.2) is 5.91 Å². The first kappa shape index (κ1) is 9.25. The van der Waals surface area contributed by atoms with E-state index in [-0.39, 0.29) is 5.91 Å². The standard InChI is InChI=1S/C12H15NO/c1-8-3-2-4-9-7-10(12(13)14)5-6-11(8)9/h5-8H,2-4H2,1H3,(H2,13,14). The van der Waals surface area contributed by atoms with Crippen molar-refractivity contribution in [2.75, 3.05) is 0 Å². The molecule has 0 radical (unpaired) electrons. The summed E-state index contributed by atoms with van der Waals surface area (Å²) in [5.74, 6) is 0.298. The summed E-state index contributed by atoms with van der Waals surface area (Å²) in [5, 5.41) is 0. The minimum atomic E-state index is -0.328. The van der Waals surface area contributed by atoms with E-state index in [4.69, 9.17) is 5.73 Å². The normalized spacial score (nSPS) is 20.2. The SMILES string of the molecule is CC1CCCc2cc(C(N)=O)ccc21. The summed E-state index contributed by atoms with van der Waals surface area (Å²) >= 11 is 0. The van der Waals surface area contributed by atoms with Crippen molar-refractivity contribution in [3.05, 3.63) is 34.9 Å². The molecule has 2 N–H and O–H groups in total. The van der Waals surface area contributed by atoms with Gasteiger partial charge in [-0.05, 0) is 48.4 Å². The molecule has 1 aromatic rings. The zero-order valence-corrected chi connectivity index (χ0v) is 8.42. The largest absolute Gasteiger partial charge is 0.366 e. The molecular formula is C12H15NO. The van der Waals surface area contributed by atoms with Gasteiger partial charge in [-0.3, -0.25) is 4.79 Å². The molecule has 2 heteroatoms. The van der Waals surface area contributed by atoms with E-state index in [1.54, 1.807) is 0 Å². The summed E-state index contributed by atoms with van der Waals surface area (Å²) in [6, 6.07) is 5.84. The molecule has 1 atom stereocenters. The number of hydrogen-bond acceptors (Lipinski definition) is 1. The lowest BCUT2D eigenvalue weighted by Crippen LogP contribution is -2.13. The first-order valence-corrected chi connectivity index (χ1v) is 5.11. The summed E-state index contributed by atoms with van der Waals surface area (Å²) in [6.45, 7) is 2.24. The van der Waals surface area contributed by atoms with Gasteiger partial charge in [-0.15, -0.1) is 0 Å². The highest BCUT2D eigenvalue weighted by atomic mass is 16.1. The maximum absolute atomic E-state index is 11.0.